The van der Waals surface area contributed by atoms with Crippen molar-refractivity contribution in [1.29, 1.82) is 0 Å². The predicted octanol–water partition coefficient (Wildman–Crippen LogP) is 1.71. The van der Waals surface area contributed by atoms with Gasteiger partial charge in [0, 0.05) is 44.2 Å². The van der Waals surface area contributed by atoms with E-state index >= 15 is 0 Å². The lowest BCUT2D eigenvalue weighted by Gasteiger charge is -2.39. The molecule has 0 saturated carbocycles. The second-order valence-electron chi connectivity index (χ2n) is 8.86. The van der Waals surface area contributed by atoms with E-state index < -0.39 is 10.0 Å². The third kappa shape index (κ3) is 4.72. The molecule has 170 valence electrons. The van der Waals surface area contributed by atoms with Gasteiger partial charge in [-0.05, 0) is 57.4 Å². The van der Waals surface area contributed by atoms with Crippen LogP contribution in [0, 0.1) is 5.92 Å². The lowest BCUT2D eigenvalue weighted by molar-refractivity contribution is -0.148. The molecule has 0 bridgehead atoms. The van der Waals surface area contributed by atoms with Gasteiger partial charge in [-0.1, -0.05) is 0 Å². The summed E-state index contributed by atoms with van der Waals surface area (Å²) < 4.78 is 31.3. The van der Waals surface area contributed by atoms with Gasteiger partial charge >= 0.3 is 0 Å². The molecule has 3 aliphatic rings. The Morgan fingerprint density at radius 2 is 1.55 bits per heavy atom. The van der Waals surface area contributed by atoms with Crippen LogP contribution < -0.4 is 4.31 Å². The number of morpholine rings is 1. The van der Waals surface area contributed by atoms with E-state index in [1.807, 2.05) is 18.7 Å². The van der Waals surface area contributed by atoms with E-state index in [1.54, 1.807) is 29.2 Å². The fourth-order valence-electron chi connectivity index (χ4n) is 4.83. The van der Waals surface area contributed by atoms with Gasteiger partial charge in [0.1, 0.15) is 0 Å². The number of anilines is 1. The van der Waals surface area contributed by atoms with Crippen LogP contribution in [0.2, 0.25) is 0 Å². The van der Waals surface area contributed by atoms with Gasteiger partial charge in [0.05, 0.1) is 23.6 Å². The Bertz CT molecular complexity index is 915. The third-order valence-corrected chi connectivity index (χ3v) is 8.23. The van der Waals surface area contributed by atoms with Gasteiger partial charge in [0.15, 0.2) is 0 Å². The molecule has 2 atom stereocenters. The second-order valence-corrected chi connectivity index (χ2v) is 10.9. The molecule has 3 fully saturated rings. The van der Waals surface area contributed by atoms with Gasteiger partial charge in [-0.2, -0.15) is 0 Å². The number of amides is 2. The number of benzene rings is 1. The monoisotopic (exact) mass is 449 g/mol. The molecule has 4 rings (SSSR count). The molecule has 3 aliphatic heterocycles. The number of sulfonamides is 1. The molecule has 1 aromatic carbocycles. The minimum atomic E-state index is -3.23. The Morgan fingerprint density at radius 1 is 0.935 bits per heavy atom. The van der Waals surface area contributed by atoms with Gasteiger partial charge in [-0.3, -0.25) is 13.9 Å². The summed E-state index contributed by atoms with van der Waals surface area (Å²) in [6, 6.07) is 6.79. The minimum Gasteiger partial charge on any atom is -0.372 e. The first-order valence-electron chi connectivity index (χ1n) is 11.1. The highest BCUT2D eigenvalue weighted by atomic mass is 32.2. The highest BCUT2D eigenvalue weighted by Gasteiger charge is 2.34. The van der Waals surface area contributed by atoms with Crippen LogP contribution in [0.1, 0.15) is 43.5 Å². The van der Waals surface area contributed by atoms with Crippen molar-refractivity contribution < 1.29 is 22.7 Å². The van der Waals surface area contributed by atoms with E-state index in [0.717, 1.165) is 0 Å². The van der Waals surface area contributed by atoms with Crippen molar-refractivity contribution in [3.05, 3.63) is 29.8 Å². The van der Waals surface area contributed by atoms with Crippen molar-refractivity contribution in [3.8, 4) is 0 Å². The molecule has 9 heteroatoms. The van der Waals surface area contributed by atoms with E-state index in [2.05, 4.69) is 0 Å². The summed E-state index contributed by atoms with van der Waals surface area (Å²) in [7, 11) is -3.23. The molecule has 1 aromatic rings. The molecular weight excluding hydrogens is 418 g/mol. The fraction of sp³-hybridized carbons (Fsp3) is 0.636. The summed E-state index contributed by atoms with van der Waals surface area (Å²) in [5.41, 5.74) is 1.15. The van der Waals surface area contributed by atoms with Crippen molar-refractivity contribution in [2.45, 2.75) is 45.3 Å². The van der Waals surface area contributed by atoms with Crippen LogP contribution >= 0.6 is 0 Å². The lowest BCUT2D eigenvalue weighted by atomic mass is 9.94. The van der Waals surface area contributed by atoms with E-state index in [4.69, 9.17) is 4.74 Å². The van der Waals surface area contributed by atoms with E-state index in [-0.39, 0.29) is 35.7 Å². The Hall–Kier alpha value is -2.13. The van der Waals surface area contributed by atoms with Crippen LogP contribution in [0.5, 0.6) is 0 Å². The predicted molar refractivity (Wildman–Crippen MR) is 117 cm³/mol. The van der Waals surface area contributed by atoms with Crippen molar-refractivity contribution >= 4 is 27.5 Å². The van der Waals surface area contributed by atoms with Crippen molar-refractivity contribution in [2.24, 2.45) is 5.92 Å². The normalized spacial score (nSPS) is 26.8. The molecule has 0 aromatic heterocycles. The zero-order valence-electron chi connectivity index (χ0n) is 18.2. The number of likely N-dealkylation sites (tertiary alicyclic amines) is 1. The summed E-state index contributed by atoms with van der Waals surface area (Å²) >= 11 is 0. The van der Waals surface area contributed by atoms with Crippen molar-refractivity contribution in [1.82, 2.24) is 9.80 Å². The molecule has 0 N–H and O–H groups in total. The van der Waals surface area contributed by atoms with Crippen LogP contribution in [0.4, 0.5) is 5.69 Å². The molecule has 3 heterocycles. The van der Waals surface area contributed by atoms with Crippen molar-refractivity contribution in [3.63, 3.8) is 0 Å². The second kappa shape index (κ2) is 8.78. The summed E-state index contributed by atoms with van der Waals surface area (Å²) in [5, 5.41) is 0. The number of nitrogens with zero attached hydrogens (tertiary/aromatic N) is 3. The number of piperidine rings is 1. The Labute approximate surface area is 184 Å². The number of carbonyl (C=O) groups excluding carboxylic acids is 2. The van der Waals surface area contributed by atoms with Crippen LogP contribution in [0.3, 0.4) is 0 Å². The largest absolute Gasteiger partial charge is 0.372 e. The number of hydrogen-bond donors (Lipinski definition) is 0. The topological polar surface area (TPSA) is 87.2 Å². The van der Waals surface area contributed by atoms with Crippen LogP contribution in [-0.2, 0) is 19.6 Å². The first-order chi connectivity index (χ1) is 14.7. The number of ether oxygens (including phenoxy) is 1. The average molecular weight is 450 g/mol. The van der Waals surface area contributed by atoms with Gasteiger partial charge in [0.2, 0.25) is 15.9 Å². The SMILES string of the molecule is CC1CN(C(=O)C2CCN(C(=O)c3ccc(N4CCCS4(=O)=O)cc3)CC2)CC(C)O1. The molecule has 31 heavy (non-hydrogen) atoms. The summed E-state index contributed by atoms with van der Waals surface area (Å²) in [4.78, 5) is 29.5. The van der Waals surface area contributed by atoms with Crippen LogP contribution in [-0.4, -0.2) is 80.7 Å². The smallest absolute Gasteiger partial charge is 0.253 e. The van der Waals surface area contributed by atoms with Gasteiger partial charge in [-0.25, -0.2) is 8.42 Å². The fourth-order valence-corrected chi connectivity index (χ4v) is 6.39. The maximum absolute atomic E-state index is 12.9. The van der Waals surface area contributed by atoms with E-state index in [0.29, 0.717) is 63.2 Å². The van der Waals surface area contributed by atoms with Gasteiger partial charge in [-0.15, -0.1) is 0 Å². The minimum absolute atomic E-state index is 0.0490. The quantitative estimate of drug-likeness (QED) is 0.701. The molecule has 8 nitrogen and oxygen atoms in total. The third-order valence-electron chi connectivity index (χ3n) is 6.36. The summed E-state index contributed by atoms with van der Waals surface area (Å²) in [6.45, 7) is 6.81. The summed E-state index contributed by atoms with van der Waals surface area (Å²) in [5.74, 6) is 0.216. The van der Waals surface area contributed by atoms with Gasteiger partial charge in [0.25, 0.3) is 5.91 Å². The molecule has 2 amide bonds. The Kier molecular flexibility index (Phi) is 6.25. The summed E-state index contributed by atoms with van der Waals surface area (Å²) in [6.07, 6.45) is 2.04. The number of carbonyl (C=O) groups is 2. The molecule has 0 spiro atoms. The zero-order valence-corrected chi connectivity index (χ0v) is 19.0. The number of rotatable bonds is 3. The molecule has 2 unspecified atom stereocenters. The van der Waals surface area contributed by atoms with Crippen molar-refractivity contribution in [2.75, 3.05) is 42.8 Å². The Balaban J connectivity index is 1.33. The van der Waals surface area contributed by atoms with Crippen LogP contribution in [0.25, 0.3) is 0 Å². The molecule has 0 radical (unpaired) electrons. The van der Waals surface area contributed by atoms with Crippen LogP contribution in [0.15, 0.2) is 24.3 Å². The lowest BCUT2D eigenvalue weighted by Crippen LogP contribution is -2.51. The first-order valence-corrected chi connectivity index (χ1v) is 12.7. The van der Waals surface area contributed by atoms with Gasteiger partial charge < -0.3 is 14.5 Å². The zero-order chi connectivity index (χ0) is 22.2. The highest BCUT2D eigenvalue weighted by molar-refractivity contribution is 7.93. The van der Waals surface area contributed by atoms with E-state index in [1.165, 1.54) is 4.31 Å². The first kappa shape index (κ1) is 22.1. The number of hydrogen-bond acceptors (Lipinski definition) is 5. The Morgan fingerprint density at radius 3 is 2.10 bits per heavy atom. The maximum Gasteiger partial charge on any atom is 0.253 e. The molecule has 0 aliphatic carbocycles. The standard InChI is InChI=1S/C22H31N3O5S/c1-16-14-24(15-17(2)30-16)22(27)19-8-11-23(12-9-19)21(26)18-4-6-20(7-5-18)25-10-3-13-31(25,28)29/h4-7,16-17,19H,3,8-15H2,1-2H3. The van der Waals surface area contributed by atoms with E-state index in [9.17, 15) is 18.0 Å². The maximum atomic E-state index is 12.9. The molecular formula is C22H31N3O5S. The average Bonchev–Trinajstić information content (AvgIpc) is 3.11. The highest BCUT2D eigenvalue weighted by Crippen LogP contribution is 2.26. The molecule has 3 saturated heterocycles.